The summed E-state index contributed by atoms with van der Waals surface area (Å²) in [6.07, 6.45) is -11.3. The van der Waals surface area contributed by atoms with Gasteiger partial charge in [0.1, 0.15) is 17.2 Å². The monoisotopic (exact) mass is 660 g/mol. The van der Waals surface area contributed by atoms with Crippen molar-refractivity contribution in [2.75, 3.05) is 13.7 Å². The van der Waals surface area contributed by atoms with Gasteiger partial charge in [-0.1, -0.05) is 55.5 Å². The van der Waals surface area contributed by atoms with Crippen molar-refractivity contribution in [3.05, 3.63) is 125 Å². The van der Waals surface area contributed by atoms with Crippen LogP contribution < -0.4 is 14.2 Å². The predicted octanol–water partition coefficient (Wildman–Crippen LogP) is 7.94. The maximum atomic E-state index is 14.4. The predicted molar refractivity (Wildman–Crippen MR) is 160 cm³/mol. The van der Waals surface area contributed by atoms with Crippen molar-refractivity contribution in [1.29, 1.82) is 0 Å². The number of rotatable bonds is 10. The lowest BCUT2D eigenvalue weighted by molar-refractivity contribution is -0.288. The second-order valence-electron chi connectivity index (χ2n) is 10.9. The third-order valence-electron chi connectivity index (χ3n) is 7.99. The zero-order chi connectivity index (χ0) is 34.6. The zero-order valence-corrected chi connectivity index (χ0v) is 25.4. The van der Waals surface area contributed by atoms with E-state index in [1.54, 1.807) is 36.4 Å². The van der Waals surface area contributed by atoms with Crippen molar-refractivity contribution in [1.82, 2.24) is 0 Å². The van der Waals surface area contributed by atoms with Gasteiger partial charge in [0.15, 0.2) is 0 Å². The lowest BCUT2D eigenvalue weighted by atomic mass is 9.72. The molecule has 1 atom stereocenters. The summed E-state index contributed by atoms with van der Waals surface area (Å²) in [5, 5.41) is 9.77. The minimum Gasteiger partial charge on any atom is -0.497 e. The van der Waals surface area contributed by atoms with Crippen molar-refractivity contribution in [2.45, 2.75) is 43.5 Å². The first kappa shape index (κ1) is 35.0. The number of methoxy groups -OCH3 is 1. The molecule has 0 amide bonds. The SMILES string of the molecule is COc1ccc(C(c2ccc(C(=O)Oc3ccc(C(C)(CCO)c4ccc(OC(C)=O)cc4)cc3)cc2)(C(F)(F)F)C(F)(F)F)cc1. The number of benzene rings is 4. The minimum absolute atomic E-state index is 0.0672. The molecule has 6 nitrogen and oxygen atoms in total. The second-order valence-corrected chi connectivity index (χ2v) is 10.9. The Hall–Kier alpha value is -4.84. The summed E-state index contributed by atoms with van der Waals surface area (Å²) in [7, 11) is 1.23. The van der Waals surface area contributed by atoms with E-state index in [9.17, 15) is 41.0 Å². The number of ether oxygens (including phenoxy) is 3. The number of carbonyl (C=O) groups is 2. The van der Waals surface area contributed by atoms with Crippen molar-refractivity contribution >= 4 is 11.9 Å². The number of aliphatic hydroxyl groups excluding tert-OH is 1. The van der Waals surface area contributed by atoms with E-state index in [4.69, 9.17) is 14.2 Å². The zero-order valence-electron chi connectivity index (χ0n) is 25.4. The summed E-state index contributed by atoms with van der Waals surface area (Å²) in [5.74, 6) is -0.978. The van der Waals surface area contributed by atoms with Gasteiger partial charge in [-0.15, -0.1) is 0 Å². The lowest BCUT2D eigenvalue weighted by Crippen LogP contribution is -2.54. The fraction of sp³-hybridized carbons (Fsp3) is 0.257. The van der Waals surface area contributed by atoms with Crippen LogP contribution in [0.1, 0.15) is 52.9 Å². The first-order chi connectivity index (χ1) is 22.1. The van der Waals surface area contributed by atoms with Gasteiger partial charge in [0.2, 0.25) is 5.41 Å². The quantitative estimate of drug-likeness (QED) is 0.106. The molecule has 0 heterocycles. The van der Waals surface area contributed by atoms with Gasteiger partial charge in [0.25, 0.3) is 0 Å². The van der Waals surface area contributed by atoms with Crippen LogP contribution in [-0.2, 0) is 15.6 Å². The van der Waals surface area contributed by atoms with Crippen molar-refractivity contribution in [3.8, 4) is 17.2 Å². The molecule has 0 saturated carbocycles. The van der Waals surface area contributed by atoms with Crippen LogP contribution in [0.3, 0.4) is 0 Å². The normalized spacial score (nSPS) is 13.4. The summed E-state index contributed by atoms with van der Waals surface area (Å²) in [6.45, 7) is 3.02. The summed E-state index contributed by atoms with van der Waals surface area (Å²) in [5.41, 5.74) is -6.01. The highest BCUT2D eigenvalue weighted by Gasteiger charge is 2.72. The molecule has 1 unspecified atom stereocenters. The maximum absolute atomic E-state index is 14.4. The molecule has 0 spiro atoms. The molecule has 248 valence electrons. The summed E-state index contributed by atoms with van der Waals surface area (Å²) >= 11 is 0. The molecule has 12 heteroatoms. The van der Waals surface area contributed by atoms with Crippen LogP contribution in [0.25, 0.3) is 0 Å². The molecule has 0 radical (unpaired) electrons. The topological polar surface area (TPSA) is 82.1 Å². The highest BCUT2D eigenvalue weighted by Crippen LogP contribution is 2.56. The number of halogens is 6. The third kappa shape index (κ3) is 6.97. The largest absolute Gasteiger partial charge is 0.497 e. The van der Waals surface area contributed by atoms with E-state index in [2.05, 4.69) is 0 Å². The average molecular weight is 661 g/mol. The molecule has 0 aliphatic rings. The van der Waals surface area contributed by atoms with Crippen molar-refractivity contribution in [3.63, 3.8) is 0 Å². The van der Waals surface area contributed by atoms with Gasteiger partial charge in [-0.2, -0.15) is 26.3 Å². The molecule has 4 aromatic rings. The van der Waals surface area contributed by atoms with Crippen LogP contribution in [0, 0.1) is 0 Å². The summed E-state index contributed by atoms with van der Waals surface area (Å²) < 4.78 is 102. The number of hydrogen-bond donors (Lipinski definition) is 1. The van der Waals surface area contributed by atoms with E-state index < -0.39 is 46.2 Å². The van der Waals surface area contributed by atoms with E-state index in [0.717, 1.165) is 35.4 Å². The van der Waals surface area contributed by atoms with E-state index in [1.807, 2.05) is 6.92 Å². The Kier molecular flexibility index (Phi) is 10.0. The Morgan fingerprint density at radius 1 is 0.617 bits per heavy atom. The molecule has 0 aromatic heterocycles. The molecule has 47 heavy (non-hydrogen) atoms. The van der Waals surface area contributed by atoms with Gasteiger partial charge in [-0.3, -0.25) is 4.79 Å². The first-order valence-electron chi connectivity index (χ1n) is 14.2. The molecule has 0 saturated heterocycles. The lowest BCUT2D eigenvalue weighted by Gasteiger charge is -2.38. The van der Waals surface area contributed by atoms with Crippen LogP contribution in [0.2, 0.25) is 0 Å². The highest BCUT2D eigenvalue weighted by atomic mass is 19.4. The maximum Gasteiger partial charge on any atom is 0.411 e. The highest BCUT2D eigenvalue weighted by molar-refractivity contribution is 5.91. The molecule has 1 N–H and O–H groups in total. The van der Waals surface area contributed by atoms with E-state index in [0.29, 0.717) is 36.4 Å². The van der Waals surface area contributed by atoms with E-state index in [1.165, 1.54) is 26.2 Å². The van der Waals surface area contributed by atoms with Crippen LogP contribution in [0.5, 0.6) is 17.2 Å². The second kappa shape index (κ2) is 13.5. The van der Waals surface area contributed by atoms with Crippen molar-refractivity contribution < 1.29 is 55.2 Å². The molecule has 0 aliphatic carbocycles. The molecular weight excluding hydrogens is 630 g/mol. The van der Waals surface area contributed by atoms with Gasteiger partial charge < -0.3 is 19.3 Å². The van der Waals surface area contributed by atoms with Crippen LogP contribution >= 0.6 is 0 Å². The molecule has 4 aromatic carbocycles. The Balaban J connectivity index is 1.59. The van der Waals surface area contributed by atoms with Gasteiger partial charge in [0.05, 0.1) is 12.7 Å². The Bertz CT molecular complexity index is 1670. The average Bonchev–Trinajstić information content (AvgIpc) is 3.01. The number of carbonyl (C=O) groups excluding carboxylic acids is 2. The molecular formula is C35H30F6O6. The number of esters is 2. The van der Waals surface area contributed by atoms with E-state index in [-0.39, 0.29) is 23.7 Å². The number of hydrogen-bond acceptors (Lipinski definition) is 6. The molecule has 0 aliphatic heterocycles. The summed E-state index contributed by atoms with van der Waals surface area (Å²) in [6, 6.07) is 19.4. The molecule has 0 bridgehead atoms. The Morgan fingerprint density at radius 3 is 1.38 bits per heavy atom. The van der Waals surface area contributed by atoms with Crippen LogP contribution in [-0.4, -0.2) is 43.1 Å². The Labute approximate surface area is 266 Å². The van der Waals surface area contributed by atoms with Gasteiger partial charge in [0, 0.05) is 18.9 Å². The van der Waals surface area contributed by atoms with Crippen LogP contribution in [0.15, 0.2) is 97.1 Å². The number of aliphatic hydroxyl groups is 1. The van der Waals surface area contributed by atoms with Crippen LogP contribution in [0.4, 0.5) is 26.3 Å². The standard InChI is InChI=1S/C35H30F6O6/c1-22(43)46-29-16-8-24(9-17-29)32(2,20-21-42)25-10-18-30(19-11-25)47-31(44)23-4-6-26(7-5-23)33(34(36,37)38,35(39,40)41)27-12-14-28(45-3)15-13-27/h4-19,42H,20-21H2,1-3H3. The van der Waals surface area contributed by atoms with Gasteiger partial charge >= 0.3 is 24.3 Å². The third-order valence-corrected chi connectivity index (χ3v) is 7.99. The summed E-state index contributed by atoms with van der Waals surface area (Å²) in [4.78, 5) is 24.1. The molecule has 4 rings (SSSR count). The fourth-order valence-corrected chi connectivity index (χ4v) is 5.47. The van der Waals surface area contributed by atoms with E-state index >= 15 is 0 Å². The minimum atomic E-state index is -5.79. The van der Waals surface area contributed by atoms with Crippen molar-refractivity contribution in [2.24, 2.45) is 0 Å². The number of alkyl halides is 6. The fourth-order valence-electron chi connectivity index (χ4n) is 5.47. The first-order valence-corrected chi connectivity index (χ1v) is 14.2. The smallest absolute Gasteiger partial charge is 0.411 e. The van der Waals surface area contributed by atoms with Gasteiger partial charge in [-0.05, 0) is 77.2 Å². The Morgan fingerprint density at radius 2 is 1.00 bits per heavy atom. The molecule has 0 fully saturated rings. The van der Waals surface area contributed by atoms with Gasteiger partial charge in [-0.25, -0.2) is 4.79 Å².